The van der Waals surface area contributed by atoms with Crippen molar-refractivity contribution in [3.63, 3.8) is 0 Å². The quantitative estimate of drug-likeness (QED) is 0.497. The first-order valence-corrected chi connectivity index (χ1v) is 9.14. The molecule has 0 aromatic heterocycles. The Morgan fingerprint density at radius 2 is 1.50 bits per heavy atom. The molecule has 1 heterocycles. The Hall–Kier alpha value is -0.0800. The van der Waals surface area contributed by atoms with Crippen molar-refractivity contribution in [1.29, 1.82) is 0 Å². The van der Waals surface area contributed by atoms with Gasteiger partial charge in [0.1, 0.15) is 0 Å². The molecule has 0 amide bonds. The molecule has 0 saturated carbocycles. The van der Waals surface area contributed by atoms with Gasteiger partial charge in [-0.05, 0) is 25.7 Å². The van der Waals surface area contributed by atoms with Crippen molar-refractivity contribution in [3.05, 3.63) is 0 Å². The molecule has 2 atom stereocenters. The molecule has 20 heavy (non-hydrogen) atoms. The third kappa shape index (κ3) is 8.97. The standard InChI is InChI=1S/C18H36O2/c1-2-3-4-5-6-7-8-9-10-11-14-17(19)18-15-12-13-16-20-18/h17-19H,2-16H2,1H3. The van der Waals surface area contributed by atoms with E-state index in [-0.39, 0.29) is 12.2 Å². The fraction of sp³-hybridized carbons (Fsp3) is 1.00. The highest BCUT2D eigenvalue weighted by Crippen LogP contribution is 2.19. The van der Waals surface area contributed by atoms with Gasteiger partial charge in [0.25, 0.3) is 0 Å². The van der Waals surface area contributed by atoms with E-state index >= 15 is 0 Å². The molecule has 2 nitrogen and oxygen atoms in total. The molecule has 0 aliphatic carbocycles. The third-order valence-corrected chi connectivity index (χ3v) is 4.50. The Balaban J connectivity index is 1.82. The second kappa shape index (κ2) is 12.6. The van der Waals surface area contributed by atoms with Crippen LogP contribution in [0.5, 0.6) is 0 Å². The third-order valence-electron chi connectivity index (χ3n) is 4.50. The molecule has 0 aromatic carbocycles. The molecule has 2 heteroatoms. The van der Waals surface area contributed by atoms with Crippen molar-refractivity contribution in [2.75, 3.05) is 6.61 Å². The van der Waals surface area contributed by atoms with Crippen LogP contribution < -0.4 is 0 Å². The van der Waals surface area contributed by atoms with E-state index in [9.17, 15) is 5.11 Å². The molecule has 120 valence electrons. The maximum atomic E-state index is 10.1. The normalized spacial score (nSPS) is 21.0. The van der Waals surface area contributed by atoms with Gasteiger partial charge in [-0.2, -0.15) is 0 Å². The average Bonchev–Trinajstić information content (AvgIpc) is 2.50. The van der Waals surface area contributed by atoms with Gasteiger partial charge in [-0.3, -0.25) is 0 Å². The predicted octanol–water partition coefficient (Wildman–Crippen LogP) is 5.23. The van der Waals surface area contributed by atoms with Gasteiger partial charge in [0.2, 0.25) is 0 Å². The molecule has 0 aromatic rings. The summed E-state index contributed by atoms with van der Waals surface area (Å²) in [4.78, 5) is 0. The molecule has 0 spiro atoms. The van der Waals surface area contributed by atoms with Crippen molar-refractivity contribution in [3.8, 4) is 0 Å². The maximum Gasteiger partial charge on any atom is 0.0833 e. The minimum absolute atomic E-state index is 0.127. The highest BCUT2D eigenvalue weighted by Gasteiger charge is 2.21. The fourth-order valence-corrected chi connectivity index (χ4v) is 3.10. The highest BCUT2D eigenvalue weighted by atomic mass is 16.5. The van der Waals surface area contributed by atoms with Gasteiger partial charge in [0.15, 0.2) is 0 Å². The molecular weight excluding hydrogens is 248 g/mol. The van der Waals surface area contributed by atoms with E-state index < -0.39 is 0 Å². The topological polar surface area (TPSA) is 29.5 Å². The first-order chi connectivity index (χ1) is 9.84. The number of hydrogen-bond donors (Lipinski definition) is 1. The minimum atomic E-state index is -0.218. The van der Waals surface area contributed by atoms with Crippen molar-refractivity contribution < 1.29 is 9.84 Å². The zero-order valence-electron chi connectivity index (χ0n) is 13.6. The van der Waals surface area contributed by atoms with Crippen LogP contribution in [0.1, 0.15) is 96.8 Å². The van der Waals surface area contributed by atoms with Gasteiger partial charge in [0.05, 0.1) is 12.2 Å². The van der Waals surface area contributed by atoms with E-state index in [0.717, 1.165) is 25.9 Å². The maximum absolute atomic E-state index is 10.1. The molecule has 1 N–H and O–H groups in total. The molecule has 0 bridgehead atoms. The van der Waals surface area contributed by atoms with Crippen LogP contribution in [0, 0.1) is 0 Å². The Morgan fingerprint density at radius 1 is 0.900 bits per heavy atom. The van der Waals surface area contributed by atoms with Crippen LogP contribution in [0.3, 0.4) is 0 Å². The van der Waals surface area contributed by atoms with Crippen LogP contribution in [-0.4, -0.2) is 23.9 Å². The van der Waals surface area contributed by atoms with Crippen molar-refractivity contribution in [1.82, 2.24) is 0 Å². The van der Waals surface area contributed by atoms with E-state index in [4.69, 9.17) is 4.74 Å². The summed E-state index contributed by atoms with van der Waals surface area (Å²) in [5.74, 6) is 0. The summed E-state index contributed by atoms with van der Waals surface area (Å²) in [5, 5.41) is 10.1. The van der Waals surface area contributed by atoms with Crippen LogP contribution in [0.4, 0.5) is 0 Å². The zero-order valence-corrected chi connectivity index (χ0v) is 13.6. The van der Waals surface area contributed by atoms with Crippen LogP contribution in [-0.2, 0) is 4.74 Å². The summed E-state index contributed by atoms with van der Waals surface area (Å²) < 4.78 is 5.63. The number of aliphatic hydroxyl groups is 1. The number of unbranched alkanes of at least 4 members (excludes halogenated alkanes) is 9. The van der Waals surface area contributed by atoms with Crippen molar-refractivity contribution in [2.24, 2.45) is 0 Å². The van der Waals surface area contributed by atoms with E-state index in [0.29, 0.717) is 0 Å². The lowest BCUT2D eigenvalue weighted by atomic mass is 9.99. The van der Waals surface area contributed by atoms with Crippen LogP contribution >= 0.6 is 0 Å². The largest absolute Gasteiger partial charge is 0.390 e. The van der Waals surface area contributed by atoms with E-state index in [1.807, 2.05) is 0 Å². The van der Waals surface area contributed by atoms with Gasteiger partial charge < -0.3 is 9.84 Å². The average molecular weight is 284 g/mol. The molecule has 1 aliphatic heterocycles. The Kier molecular flexibility index (Phi) is 11.4. The number of aliphatic hydroxyl groups excluding tert-OH is 1. The molecule has 0 radical (unpaired) electrons. The molecule has 1 saturated heterocycles. The second-order valence-electron chi connectivity index (χ2n) is 6.44. The summed E-state index contributed by atoms with van der Waals surface area (Å²) in [6, 6.07) is 0. The Morgan fingerprint density at radius 3 is 2.05 bits per heavy atom. The number of hydrogen-bond acceptors (Lipinski definition) is 2. The molecule has 1 fully saturated rings. The summed E-state index contributed by atoms with van der Waals surface area (Å²) in [7, 11) is 0. The second-order valence-corrected chi connectivity index (χ2v) is 6.44. The highest BCUT2D eigenvalue weighted by molar-refractivity contribution is 4.72. The van der Waals surface area contributed by atoms with E-state index in [2.05, 4.69) is 6.92 Å². The lowest BCUT2D eigenvalue weighted by molar-refractivity contribution is -0.0648. The predicted molar refractivity (Wildman–Crippen MR) is 86.1 cm³/mol. The molecule has 2 unspecified atom stereocenters. The van der Waals surface area contributed by atoms with Gasteiger partial charge in [-0.1, -0.05) is 71.1 Å². The number of ether oxygens (including phenoxy) is 1. The van der Waals surface area contributed by atoms with Crippen LogP contribution in [0.15, 0.2) is 0 Å². The fourth-order valence-electron chi connectivity index (χ4n) is 3.10. The molecule has 1 aliphatic rings. The summed E-state index contributed by atoms with van der Waals surface area (Å²) in [6.07, 6.45) is 17.8. The first-order valence-electron chi connectivity index (χ1n) is 9.14. The van der Waals surface area contributed by atoms with Crippen molar-refractivity contribution >= 4 is 0 Å². The van der Waals surface area contributed by atoms with Gasteiger partial charge in [0, 0.05) is 6.61 Å². The minimum Gasteiger partial charge on any atom is -0.390 e. The monoisotopic (exact) mass is 284 g/mol. The summed E-state index contributed by atoms with van der Waals surface area (Å²) in [5.41, 5.74) is 0. The van der Waals surface area contributed by atoms with Gasteiger partial charge in [-0.25, -0.2) is 0 Å². The van der Waals surface area contributed by atoms with Gasteiger partial charge in [-0.15, -0.1) is 0 Å². The lowest BCUT2D eigenvalue weighted by Crippen LogP contribution is -2.32. The number of rotatable bonds is 12. The van der Waals surface area contributed by atoms with Crippen LogP contribution in [0.2, 0.25) is 0 Å². The van der Waals surface area contributed by atoms with E-state index in [1.165, 1.54) is 70.6 Å². The smallest absolute Gasteiger partial charge is 0.0833 e. The van der Waals surface area contributed by atoms with Crippen molar-refractivity contribution in [2.45, 2.75) is 109 Å². The zero-order chi connectivity index (χ0) is 14.5. The lowest BCUT2D eigenvalue weighted by Gasteiger charge is -2.27. The summed E-state index contributed by atoms with van der Waals surface area (Å²) in [6.45, 7) is 3.12. The summed E-state index contributed by atoms with van der Waals surface area (Å²) >= 11 is 0. The van der Waals surface area contributed by atoms with Gasteiger partial charge >= 0.3 is 0 Å². The van der Waals surface area contributed by atoms with E-state index in [1.54, 1.807) is 0 Å². The van der Waals surface area contributed by atoms with Crippen LogP contribution in [0.25, 0.3) is 0 Å². The molecular formula is C18H36O2. The Labute approximate surface area is 126 Å². The first kappa shape index (κ1) is 18.0. The Bertz CT molecular complexity index is 200. The molecule has 1 rings (SSSR count). The SMILES string of the molecule is CCCCCCCCCCCCC(O)C1CCCCO1.